The van der Waals surface area contributed by atoms with Crippen LogP contribution in [0.5, 0.6) is 0 Å². The zero-order valence-electron chi connectivity index (χ0n) is 11.2. The van der Waals surface area contributed by atoms with E-state index in [2.05, 4.69) is 5.32 Å². The van der Waals surface area contributed by atoms with Gasteiger partial charge in [0, 0.05) is 16.1 Å². The van der Waals surface area contributed by atoms with Crippen LogP contribution in [0.15, 0.2) is 24.3 Å². The highest BCUT2D eigenvalue weighted by molar-refractivity contribution is 6.30. The Hall–Kier alpha value is -1.56. The Kier molecular flexibility index (Phi) is 6.72. The molecule has 0 aliphatic carbocycles. The van der Waals surface area contributed by atoms with Crippen LogP contribution in [0.3, 0.4) is 0 Å². The van der Waals surface area contributed by atoms with Crippen molar-refractivity contribution >= 4 is 29.5 Å². The Bertz CT molecular complexity index is 450. The van der Waals surface area contributed by atoms with E-state index in [0.717, 1.165) is 5.69 Å². The predicted molar refractivity (Wildman–Crippen MR) is 71.7 cm³/mol. The maximum Gasteiger partial charge on any atom is 0.446 e. The Labute approximate surface area is 120 Å². The highest BCUT2D eigenvalue weighted by Gasteiger charge is 2.24. The number of halogens is 4. The molecule has 1 aromatic rings. The van der Waals surface area contributed by atoms with E-state index in [1.54, 1.807) is 24.3 Å². The van der Waals surface area contributed by atoms with Gasteiger partial charge in [0.25, 0.3) is 0 Å². The molecule has 112 valence electrons. The van der Waals surface area contributed by atoms with E-state index in [1.165, 1.54) is 0 Å². The van der Waals surface area contributed by atoms with Gasteiger partial charge in [-0.3, -0.25) is 9.59 Å². The van der Waals surface area contributed by atoms with Crippen LogP contribution in [0.2, 0.25) is 5.02 Å². The zero-order valence-corrected chi connectivity index (χ0v) is 12.0. The second-order valence-corrected chi connectivity index (χ2v) is 5.31. The number of amides is 1. The van der Waals surface area contributed by atoms with E-state index in [4.69, 9.17) is 16.4 Å². The van der Waals surface area contributed by atoms with Crippen LogP contribution in [-0.2, 0) is 9.59 Å². The molecule has 0 aromatic heterocycles. The maximum absolute atomic E-state index is 11.6. The minimum atomic E-state index is -4.64. The topological polar surface area (TPSA) is 46.2 Å². The highest BCUT2D eigenvalue weighted by atomic mass is 35.5. The molecule has 20 heavy (non-hydrogen) atoms. The van der Waals surface area contributed by atoms with Crippen LogP contribution in [0.1, 0.15) is 20.8 Å². The molecule has 0 unspecified atom stereocenters. The summed E-state index contributed by atoms with van der Waals surface area (Å²) in [6.07, 6.45) is -5.70. The second-order valence-electron chi connectivity index (χ2n) is 4.87. The van der Waals surface area contributed by atoms with Crippen LogP contribution in [-0.4, -0.2) is 18.4 Å². The molecule has 0 bridgehead atoms. The fraction of sp³-hybridized carbons (Fsp3) is 0.385. The van der Waals surface area contributed by atoms with Crippen molar-refractivity contribution in [3.8, 4) is 0 Å². The van der Waals surface area contributed by atoms with Gasteiger partial charge in [-0.2, -0.15) is 13.2 Å². The van der Waals surface area contributed by atoms with Crippen LogP contribution in [0.25, 0.3) is 0 Å². The van der Waals surface area contributed by atoms with Gasteiger partial charge in [0.1, 0.15) is 0 Å². The summed E-state index contributed by atoms with van der Waals surface area (Å²) in [5.41, 5.74) is 0.397. The summed E-state index contributed by atoms with van der Waals surface area (Å²) < 4.78 is 31.2. The minimum Gasteiger partial charge on any atom is -0.326 e. The maximum atomic E-state index is 11.6. The van der Waals surface area contributed by atoms with Crippen molar-refractivity contribution in [3.63, 3.8) is 0 Å². The Morgan fingerprint density at radius 2 is 1.55 bits per heavy atom. The molecule has 1 N–H and O–H groups in total. The van der Waals surface area contributed by atoms with Crippen molar-refractivity contribution in [1.82, 2.24) is 0 Å². The molecular weight excluding hydrogens is 295 g/mol. The molecule has 3 nitrogen and oxygen atoms in total. The summed E-state index contributed by atoms with van der Waals surface area (Å²) in [5.74, 6) is -0.000164. The summed E-state index contributed by atoms with van der Waals surface area (Å²) >= 11 is 5.73. The molecule has 0 heterocycles. The van der Waals surface area contributed by atoms with Crippen molar-refractivity contribution in [2.45, 2.75) is 26.9 Å². The molecule has 0 fully saturated rings. The highest BCUT2D eigenvalue weighted by Crippen LogP contribution is 2.18. The number of hydrogen-bond acceptors (Lipinski definition) is 2. The lowest BCUT2D eigenvalue weighted by molar-refractivity contribution is -0.156. The molecule has 1 rings (SSSR count). The van der Waals surface area contributed by atoms with Gasteiger partial charge in [0.05, 0.1) is 0 Å². The molecule has 0 atom stereocenters. The standard InChI is InChI=1S/C11H14ClNO.C2HF3O/c1-11(2,3)10(14)13-9-6-4-8(12)5-7-9;3-2(4,5)1-6/h4-7H,1-3H3,(H,13,14);1H. The average molecular weight is 310 g/mol. The van der Waals surface area contributed by atoms with Gasteiger partial charge in [-0.05, 0) is 24.3 Å². The van der Waals surface area contributed by atoms with E-state index in [9.17, 15) is 18.0 Å². The van der Waals surface area contributed by atoms with Crippen molar-refractivity contribution in [2.24, 2.45) is 5.41 Å². The van der Waals surface area contributed by atoms with E-state index in [0.29, 0.717) is 5.02 Å². The normalized spacial score (nSPS) is 11.2. The SMILES string of the molecule is CC(C)(C)C(=O)Nc1ccc(Cl)cc1.O=CC(F)(F)F. The predicted octanol–water partition coefficient (Wildman–Crippen LogP) is 4.07. The molecule has 0 radical (unpaired) electrons. The van der Waals surface area contributed by atoms with Gasteiger partial charge < -0.3 is 5.32 Å². The number of alkyl halides is 3. The molecule has 7 heteroatoms. The van der Waals surface area contributed by atoms with Crippen molar-refractivity contribution in [3.05, 3.63) is 29.3 Å². The second kappa shape index (κ2) is 7.28. The molecule has 0 spiro atoms. The number of hydrogen-bond donors (Lipinski definition) is 1. The largest absolute Gasteiger partial charge is 0.446 e. The lowest BCUT2D eigenvalue weighted by Crippen LogP contribution is -2.27. The Morgan fingerprint density at radius 1 is 1.15 bits per heavy atom. The van der Waals surface area contributed by atoms with Crippen LogP contribution < -0.4 is 5.32 Å². The third-order valence-corrected chi connectivity index (χ3v) is 2.17. The first kappa shape index (κ1) is 18.4. The summed E-state index contributed by atoms with van der Waals surface area (Å²) in [5, 5.41) is 3.48. The van der Waals surface area contributed by atoms with Crippen molar-refractivity contribution in [2.75, 3.05) is 5.32 Å². The van der Waals surface area contributed by atoms with Gasteiger partial charge in [-0.15, -0.1) is 0 Å². The number of anilines is 1. The minimum absolute atomic E-state index is 0.000164. The van der Waals surface area contributed by atoms with E-state index >= 15 is 0 Å². The van der Waals surface area contributed by atoms with Gasteiger partial charge in [-0.1, -0.05) is 32.4 Å². The lowest BCUT2D eigenvalue weighted by atomic mass is 9.95. The van der Waals surface area contributed by atoms with Crippen LogP contribution in [0, 0.1) is 5.41 Å². The van der Waals surface area contributed by atoms with Crippen LogP contribution in [0.4, 0.5) is 18.9 Å². The Morgan fingerprint density at radius 3 is 1.85 bits per heavy atom. The first-order valence-electron chi connectivity index (χ1n) is 5.56. The summed E-state index contributed by atoms with van der Waals surface area (Å²) in [6, 6.07) is 7.07. The number of aldehydes is 1. The van der Waals surface area contributed by atoms with Gasteiger partial charge in [0.15, 0.2) is 0 Å². The fourth-order valence-corrected chi connectivity index (χ4v) is 0.978. The smallest absolute Gasteiger partial charge is 0.326 e. The van der Waals surface area contributed by atoms with Gasteiger partial charge in [0.2, 0.25) is 12.2 Å². The van der Waals surface area contributed by atoms with Gasteiger partial charge >= 0.3 is 6.18 Å². The average Bonchev–Trinajstić information content (AvgIpc) is 2.31. The molecule has 1 amide bonds. The van der Waals surface area contributed by atoms with Crippen molar-refractivity contribution < 1.29 is 22.8 Å². The summed E-state index contributed by atoms with van der Waals surface area (Å²) in [4.78, 5) is 20.3. The molecular formula is C13H15ClF3NO2. The third-order valence-electron chi connectivity index (χ3n) is 1.92. The summed E-state index contributed by atoms with van der Waals surface area (Å²) in [7, 11) is 0. The van der Waals surface area contributed by atoms with E-state index < -0.39 is 12.5 Å². The lowest BCUT2D eigenvalue weighted by Gasteiger charge is -2.17. The summed E-state index contributed by atoms with van der Waals surface area (Å²) in [6.45, 7) is 5.62. The zero-order chi connectivity index (χ0) is 16.0. The van der Waals surface area contributed by atoms with E-state index in [-0.39, 0.29) is 11.3 Å². The van der Waals surface area contributed by atoms with Crippen LogP contribution >= 0.6 is 11.6 Å². The number of benzene rings is 1. The Balaban J connectivity index is 0.000000511. The number of carbonyl (C=O) groups excluding carboxylic acids is 2. The molecule has 0 saturated heterocycles. The van der Waals surface area contributed by atoms with Gasteiger partial charge in [-0.25, -0.2) is 0 Å². The first-order chi connectivity index (χ1) is 8.95. The fourth-order valence-electron chi connectivity index (χ4n) is 0.852. The third kappa shape index (κ3) is 8.53. The molecule has 0 aliphatic rings. The molecule has 0 aliphatic heterocycles. The monoisotopic (exact) mass is 309 g/mol. The van der Waals surface area contributed by atoms with Crippen molar-refractivity contribution in [1.29, 1.82) is 0 Å². The molecule has 0 saturated carbocycles. The first-order valence-corrected chi connectivity index (χ1v) is 5.93. The number of nitrogens with one attached hydrogen (secondary N) is 1. The number of rotatable bonds is 1. The quantitative estimate of drug-likeness (QED) is 0.795. The molecule has 1 aromatic carbocycles. The number of carbonyl (C=O) groups is 2. The van der Waals surface area contributed by atoms with E-state index in [1.807, 2.05) is 20.8 Å².